The Morgan fingerprint density at radius 2 is 2.04 bits per heavy atom. The molecular weight excluding hydrogens is 328 g/mol. The number of carbonyl (C=O) groups is 2. The number of piperidine rings is 1. The summed E-state index contributed by atoms with van der Waals surface area (Å²) in [6, 6.07) is 3.74. The Morgan fingerprint density at radius 3 is 2.62 bits per heavy atom. The monoisotopic (exact) mass is 348 g/mol. The molecule has 1 aliphatic rings. The van der Waals surface area contributed by atoms with Crippen molar-refractivity contribution in [2.45, 2.75) is 33.1 Å². The van der Waals surface area contributed by atoms with Gasteiger partial charge in [-0.15, -0.1) is 11.3 Å². The fourth-order valence-electron chi connectivity index (χ4n) is 2.98. The first kappa shape index (κ1) is 16.7. The van der Waals surface area contributed by atoms with Gasteiger partial charge >= 0.3 is 5.97 Å². The van der Waals surface area contributed by atoms with E-state index in [1.54, 1.807) is 4.90 Å². The number of furan rings is 1. The molecule has 24 heavy (non-hydrogen) atoms. The van der Waals surface area contributed by atoms with Crippen LogP contribution in [0.3, 0.4) is 0 Å². The highest BCUT2D eigenvalue weighted by Crippen LogP contribution is 2.31. The molecule has 1 saturated heterocycles. The molecule has 2 aromatic rings. The summed E-state index contributed by atoms with van der Waals surface area (Å²) in [4.78, 5) is 30.4. The number of likely N-dealkylation sites (tertiary alicyclic amines) is 1. The van der Waals surface area contributed by atoms with Crippen molar-refractivity contribution in [1.29, 1.82) is 0 Å². The molecule has 128 valence electrons. The predicted molar refractivity (Wildman–Crippen MR) is 90.2 cm³/mol. The molecule has 0 aromatic carbocycles. The summed E-state index contributed by atoms with van der Waals surface area (Å²) in [7, 11) is 0. The summed E-state index contributed by atoms with van der Waals surface area (Å²) in [6.45, 7) is 4.91. The SMILES string of the molecule is Cc1ccc(-c2nc(C)c(C(=O)N3CCC(CC(=O)O)CC3)s2)o1. The summed E-state index contributed by atoms with van der Waals surface area (Å²) < 4.78 is 5.58. The van der Waals surface area contributed by atoms with E-state index in [0.29, 0.717) is 34.4 Å². The first-order valence-electron chi connectivity index (χ1n) is 7.99. The predicted octanol–water partition coefficient (Wildman–Crippen LogP) is 3.35. The molecule has 1 aliphatic heterocycles. The van der Waals surface area contributed by atoms with E-state index in [-0.39, 0.29) is 18.2 Å². The van der Waals surface area contributed by atoms with Crippen molar-refractivity contribution in [3.63, 3.8) is 0 Å². The minimum Gasteiger partial charge on any atom is -0.481 e. The van der Waals surface area contributed by atoms with Crippen LogP contribution in [0.1, 0.15) is 40.4 Å². The molecule has 1 N–H and O–H groups in total. The number of aryl methyl sites for hydroxylation is 2. The standard InChI is InChI=1S/C17H20N2O4S/c1-10-3-4-13(23-10)16-18-11(2)15(24-16)17(22)19-7-5-12(6-8-19)9-14(20)21/h3-4,12H,5-9H2,1-2H3,(H,20,21). The second kappa shape index (κ2) is 6.76. The zero-order chi connectivity index (χ0) is 17.3. The maximum Gasteiger partial charge on any atom is 0.303 e. The summed E-state index contributed by atoms with van der Waals surface area (Å²) in [5, 5.41) is 9.58. The van der Waals surface area contributed by atoms with Crippen LogP contribution in [0.2, 0.25) is 0 Å². The quantitative estimate of drug-likeness (QED) is 0.916. The van der Waals surface area contributed by atoms with Crippen LogP contribution in [0, 0.1) is 19.8 Å². The fraction of sp³-hybridized carbons (Fsp3) is 0.471. The Kier molecular flexibility index (Phi) is 4.71. The number of aliphatic carboxylic acids is 1. The molecule has 0 radical (unpaired) electrons. The van der Waals surface area contributed by atoms with E-state index in [0.717, 1.165) is 18.6 Å². The molecule has 0 unspecified atom stereocenters. The molecule has 1 fully saturated rings. The average Bonchev–Trinajstić information content (AvgIpc) is 3.13. The van der Waals surface area contributed by atoms with Crippen molar-refractivity contribution >= 4 is 23.2 Å². The molecule has 1 amide bonds. The van der Waals surface area contributed by atoms with E-state index in [1.807, 2.05) is 26.0 Å². The van der Waals surface area contributed by atoms with E-state index < -0.39 is 5.97 Å². The molecule has 0 atom stereocenters. The van der Waals surface area contributed by atoms with Gasteiger partial charge in [0.15, 0.2) is 10.8 Å². The molecule has 0 bridgehead atoms. The summed E-state index contributed by atoms with van der Waals surface area (Å²) in [5.41, 5.74) is 0.710. The lowest BCUT2D eigenvalue weighted by Crippen LogP contribution is -2.38. The van der Waals surface area contributed by atoms with Gasteiger partial charge in [-0.3, -0.25) is 9.59 Å². The average molecular weight is 348 g/mol. The number of carbonyl (C=O) groups excluding carboxylic acids is 1. The Balaban J connectivity index is 1.70. The maximum absolute atomic E-state index is 12.7. The molecule has 0 aliphatic carbocycles. The summed E-state index contributed by atoms with van der Waals surface area (Å²) in [5.74, 6) is 0.867. The van der Waals surface area contributed by atoms with Gasteiger partial charge in [-0.05, 0) is 44.7 Å². The largest absolute Gasteiger partial charge is 0.481 e. The van der Waals surface area contributed by atoms with Crippen molar-refractivity contribution in [1.82, 2.24) is 9.88 Å². The molecule has 2 aromatic heterocycles. The second-order valence-corrected chi connectivity index (χ2v) is 7.18. The van der Waals surface area contributed by atoms with Crippen molar-refractivity contribution in [3.8, 4) is 10.8 Å². The topological polar surface area (TPSA) is 83.6 Å². The first-order valence-corrected chi connectivity index (χ1v) is 8.81. The van der Waals surface area contributed by atoms with Gasteiger partial charge in [0.25, 0.3) is 5.91 Å². The van der Waals surface area contributed by atoms with Crippen LogP contribution in [0.4, 0.5) is 0 Å². The van der Waals surface area contributed by atoms with Crippen LogP contribution in [0.15, 0.2) is 16.5 Å². The smallest absolute Gasteiger partial charge is 0.303 e. The van der Waals surface area contributed by atoms with Crippen molar-refractivity contribution in [2.75, 3.05) is 13.1 Å². The van der Waals surface area contributed by atoms with Gasteiger partial charge in [-0.2, -0.15) is 0 Å². The minimum atomic E-state index is -0.767. The fourth-order valence-corrected chi connectivity index (χ4v) is 3.98. The highest BCUT2D eigenvalue weighted by Gasteiger charge is 2.27. The van der Waals surface area contributed by atoms with E-state index in [9.17, 15) is 9.59 Å². The van der Waals surface area contributed by atoms with Gasteiger partial charge in [0.1, 0.15) is 10.6 Å². The number of nitrogens with zero attached hydrogens (tertiary/aromatic N) is 2. The first-order chi connectivity index (χ1) is 11.4. The Morgan fingerprint density at radius 1 is 1.33 bits per heavy atom. The lowest BCUT2D eigenvalue weighted by atomic mass is 9.93. The van der Waals surface area contributed by atoms with E-state index in [2.05, 4.69) is 4.98 Å². The Bertz CT molecular complexity index is 756. The highest BCUT2D eigenvalue weighted by atomic mass is 32.1. The maximum atomic E-state index is 12.7. The van der Waals surface area contributed by atoms with Crippen LogP contribution in [0.25, 0.3) is 10.8 Å². The van der Waals surface area contributed by atoms with Gasteiger partial charge in [-0.25, -0.2) is 4.98 Å². The van der Waals surface area contributed by atoms with Gasteiger partial charge in [-0.1, -0.05) is 0 Å². The summed E-state index contributed by atoms with van der Waals surface area (Å²) in [6.07, 6.45) is 1.66. The normalized spacial score (nSPS) is 15.7. The van der Waals surface area contributed by atoms with Crippen molar-refractivity contribution in [3.05, 3.63) is 28.5 Å². The molecule has 7 heteroatoms. The number of amides is 1. The third kappa shape index (κ3) is 3.51. The number of carboxylic acids is 1. The molecule has 0 saturated carbocycles. The number of thiazole rings is 1. The Hall–Kier alpha value is -2.15. The van der Waals surface area contributed by atoms with Crippen LogP contribution < -0.4 is 0 Å². The van der Waals surface area contributed by atoms with E-state index >= 15 is 0 Å². The van der Waals surface area contributed by atoms with Gasteiger partial charge in [0.05, 0.1) is 5.69 Å². The van der Waals surface area contributed by atoms with E-state index in [1.165, 1.54) is 11.3 Å². The minimum absolute atomic E-state index is 0.0201. The lowest BCUT2D eigenvalue weighted by molar-refractivity contribution is -0.138. The molecular formula is C17H20N2O4S. The zero-order valence-electron chi connectivity index (χ0n) is 13.7. The number of hydrogen-bond acceptors (Lipinski definition) is 5. The number of rotatable bonds is 4. The number of aromatic nitrogens is 1. The zero-order valence-corrected chi connectivity index (χ0v) is 14.6. The van der Waals surface area contributed by atoms with Crippen LogP contribution in [-0.4, -0.2) is 40.0 Å². The Labute approximate surface area is 144 Å². The van der Waals surface area contributed by atoms with Gasteiger partial charge in [0.2, 0.25) is 0 Å². The van der Waals surface area contributed by atoms with Crippen LogP contribution in [0.5, 0.6) is 0 Å². The van der Waals surface area contributed by atoms with Gasteiger partial charge < -0.3 is 14.4 Å². The van der Waals surface area contributed by atoms with E-state index in [4.69, 9.17) is 9.52 Å². The molecule has 3 heterocycles. The lowest BCUT2D eigenvalue weighted by Gasteiger charge is -2.31. The summed E-state index contributed by atoms with van der Waals surface area (Å²) >= 11 is 1.35. The van der Waals surface area contributed by atoms with Crippen molar-refractivity contribution < 1.29 is 19.1 Å². The second-order valence-electron chi connectivity index (χ2n) is 6.18. The molecule has 6 nitrogen and oxygen atoms in total. The van der Waals surface area contributed by atoms with Gasteiger partial charge in [0, 0.05) is 19.5 Å². The third-order valence-electron chi connectivity index (χ3n) is 4.31. The van der Waals surface area contributed by atoms with Crippen LogP contribution >= 0.6 is 11.3 Å². The number of carboxylic acid groups (broad SMARTS) is 1. The highest BCUT2D eigenvalue weighted by molar-refractivity contribution is 7.17. The number of hydrogen-bond donors (Lipinski definition) is 1. The van der Waals surface area contributed by atoms with Crippen molar-refractivity contribution in [2.24, 2.45) is 5.92 Å². The molecule has 0 spiro atoms. The molecule has 3 rings (SSSR count). The van der Waals surface area contributed by atoms with Crippen LogP contribution in [-0.2, 0) is 4.79 Å². The third-order valence-corrected chi connectivity index (χ3v) is 5.47.